The standard InChI is InChI=1S/C19H26N6O/c1-15-13-20-6-3-17(15)23-8-2-9-24(12-11-23)19-21-7-4-18(22-19)25-10-5-16(26)14-25/h3-4,6-7,13,16,26H,2,5,8-12,14H2,1H3. The number of anilines is 3. The molecule has 7 heteroatoms. The molecule has 138 valence electrons. The maximum atomic E-state index is 9.77. The fourth-order valence-electron chi connectivity index (χ4n) is 3.80. The molecule has 2 saturated heterocycles. The third kappa shape index (κ3) is 3.58. The van der Waals surface area contributed by atoms with Crippen LogP contribution in [-0.4, -0.2) is 65.4 Å². The largest absolute Gasteiger partial charge is 0.391 e. The van der Waals surface area contributed by atoms with Crippen molar-refractivity contribution in [3.63, 3.8) is 0 Å². The molecular formula is C19H26N6O. The summed E-state index contributed by atoms with van der Waals surface area (Å²) < 4.78 is 0. The summed E-state index contributed by atoms with van der Waals surface area (Å²) >= 11 is 0. The monoisotopic (exact) mass is 354 g/mol. The summed E-state index contributed by atoms with van der Waals surface area (Å²) in [6.07, 6.45) is 7.25. The number of aryl methyl sites for hydroxylation is 1. The molecule has 0 amide bonds. The van der Waals surface area contributed by atoms with E-state index in [0.29, 0.717) is 6.54 Å². The van der Waals surface area contributed by atoms with Crippen LogP contribution in [0.25, 0.3) is 0 Å². The molecule has 2 aliphatic rings. The van der Waals surface area contributed by atoms with Crippen molar-refractivity contribution in [3.8, 4) is 0 Å². The lowest BCUT2D eigenvalue weighted by Crippen LogP contribution is -2.32. The van der Waals surface area contributed by atoms with Gasteiger partial charge in [0.1, 0.15) is 5.82 Å². The van der Waals surface area contributed by atoms with Crippen LogP contribution in [0.3, 0.4) is 0 Å². The van der Waals surface area contributed by atoms with Crippen LogP contribution in [0.4, 0.5) is 17.5 Å². The van der Waals surface area contributed by atoms with Gasteiger partial charge in [0.15, 0.2) is 0 Å². The number of rotatable bonds is 3. The summed E-state index contributed by atoms with van der Waals surface area (Å²) in [5.74, 6) is 1.70. The molecular weight excluding hydrogens is 328 g/mol. The fourth-order valence-corrected chi connectivity index (χ4v) is 3.80. The van der Waals surface area contributed by atoms with E-state index in [0.717, 1.165) is 57.3 Å². The second-order valence-electron chi connectivity index (χ2n) is 7.09. The highest BCUT2D eigenvalue weighted by Gasteiger charge is 2.23. The molecule has 0 aromatic carbocycles. The Hall–Kier alpha value is -2.41. The van der Waals surface area contributed by atoms with Crippen LogP contribution in [0.1, 0.15) is 18.4 Å². The third-order valence-corrected chi connectivity index (χ3v) is 5.23. The summed E-state index contributed by atoms with van der Waals surface area (Å²) in [6, 6.07) is 4.03. The highest BCUT2D eigenvalue weighted by molar-refractivity contribution is 5.52. The molecule has 0 aliphatic carbocycles. The zero-order valence-corrected chi connectivity index (χ0v) is 15.3. The van der Waals surface area contributed by atoms with Gasteiger partial charge in [-0.25, -0.2) is 4.98 Å². The smallest absolute Gasteiger partial charge is 0.227 e. The predicted molar refractivity (Wildman–Crippen MR) is 103 cm³/mol. The number of hydrogen-bond acceptors (Lipinski definition) is 7. The molecule has 7 nitrogen and oxygen atoms in total. The van der Waals surface area contributed by atoms with Crippen LogP contribution < -0.4 is 14.7 Å². The van der Waals surface area contributed by atoms with Crippen molar-refractivity contribution in [2.45, 2.75) is 25.9 Å². The van der Waals surface area contributed by atoms with Gasteiger partial charge in [-0.05, 0) is 37.5 Å². The van der Waals surface area contributed by atoms with Crippen molar-refractivity contribution in [1.29, 1.82) is 0 Å². The Bertz CT molecular complexity index is 754. The van der Waals surface area contributed by atoms with Gasteiger partial charge >= 0.3 is 0 Å². The van der Waals surface area contributed by atoms with Crippen molar-refractivity contribution >= 4 is 17.5 Å². The summed E-state index contributed by atoms with van der Waals surface area (Å²) in [5, 5.41) is 9.77. The zero-order chi connectivity index (χ0) is 17.9. The Morgan fingerprint density at radius 3 is 2.65 bits per heavy atom. The number of nitrogens with zero attached hydrogens (tertiary/aromatic N) is 6. The van der Waals surface area contributed by atoms with Gasteiger partial charge in [-0.15, -0.1) is 0 Å². The van der Waals surface area contributed by atoms with Gasteiger partial charge in [0.05, 0.1) is 6.10 Å². The Kier molecular flexibility index (Phi) is 4.88. The molecule has 1 unspecified atom stereocenters. The molecule has 0 bridgehead atoms. The van der Waals surface area contributed by atoms with E-state index in [-0.39, 0.29) is 6.10 Å². The van der Waals surface area contributed by atoms with Crippen LogP contribution in [0.5, 0.6) is 0 Å². The first kappa shape index (κ1) is 17.0. The molecule has 2 aromatic heterocycles. The van der Waals surface area contributed by atoms with Crippen molar-refractivity contribution in [2.24, 2.45) is 0 Å². The fraction of sp³-hybridized carbons (Fsp3) is 0.526. The highest BCUT2D eigenvalue weighted by atomic mass is 16.3. The lowest BCUT2D eigenvalue weighted by Gasteiger charge is -2.25. The molecule has 1 N–H and O–H groups in total. The lowest BCUT2D eigenvalue weighted by atomic mass is 10.2. The highest BCUT2D eigenvalue weighted by Crippen LogP contribution is 2.23. The molecule has 2 aliphatic heterocycles. The van der Waals surface area contributed by atoms with Gasteiger partial charge in [0, 0.05) is 63.5 Å². The minimum Gasteiger partial charge on any atom is -0.391 e. The Morgan fingerprint density at radius 1 is 1.00 bits per heavy atom. The quantitative estimate of drug-likeness (QED) is 0.895. The van der Waals surface area contributed by atoms with Crippen LogP contribution in [0, 0.1) is 6.92 Å². The van der Waals surface area contributed by atoms with Crippen molar-refractivity contribution in [3.05, 3.63) is 36.3 Å². The van der Waals surface area contributed by atoms with E-state index in [1.165, 1.54) is 11.3 Å². The van der Waals surface area contributed by atoms with Gasteiger partial charge in [-0.3, -0.25) is 4.98 Å². The van der Waals surface area contributed by atoms with Crippen molar-refractivity contribution in [2.75, 3.05) is 54.0 Å². The van der Waals surface area contributed by atoms with Crippen LogP contribution in [0.15, 0.2) is 30.7 Å². The summed E-state index contributed by atoms with van der Waals surface area (Å²) in [7, 11) is 0. The Balaban J connectivity index is 1.47. The molecule has 0 spiro atoms. The van der Waals surface area contributed by atoms with E-state index in [4.69, 9.17) is 4.98 Å². The first-order valence-corrected chi connectivity index (χ1v) is 9.37. The van der Waals surface area contributed by atoms with Crippen LogP contribution >= 0.6 is 0 Å². The van der Waals surface area contributed by atoms with E-state index < -0.39 is 0 Å². The second kappa shape index (κ2) is 7.45. The maximum Gasteiger partial charge on any atom is 0.227 e. The first-order chi connectivity index (χ1) is 12.7. The van der Waals surface area contributed by atoms with Gasteiger partial charge in [0.2, 0.25) is 5.95 Å². The van der Waals surface area contributed by atoms with E-state index in [1.54, 1.807) is 0 Å². The SMILES string of the molecule is Cc1cnccc1N1CCCN(c2nccc(N3CCC(O)C3)n2)CC1. The van der Waals surface area contributed by atoms with Gasteiger partial charge < -0.3 is 19.8 Å². The average molecular weight is 354 g/mol. The minimum absolute atomic E-state index is 0.247. The molecule has 2 aromatic rings. The van der Waals surface area contributed by atoms with Crippen LogP contribution in [0.2, 0.25) is 0 Å². The van der Waals surface area contributed by atoms with Crippen molar-refractivity contribution in [1.82, 2.24) is 15.0 Å². The molecule has 26 heavy (non-hydrogen) atoms. The topological polar surface area (TPSA) is 68.6 Å². The summed E-state index contributed by atoms with van der Waals surface area (Å²) in [4.78, 5) is 20.3. The third-order valence-electron chi connectivity index (χ3n) is 5.23. The Labute approximate surface area is 154 Å². The molecule has 4 heterocycles. The molecule has 4 rings (SSSR count). The number of aliphatic hydroxyl groups excluding tert-OH is 1. The number of pyridine rings is 1. The molecule has 2 fully saturated rings. The summed E-state index contributed by atoms with van der Waals surface area (Å²) in [6.45, 7) is 7.45. The van der Waals surface area contributed by atoms with Crippen LogP contribution in [-0.2, 0) is 0 Å². The summed E-state index contributed by atoms with van der Waals surface area (Å²) in [5.41, 5.74) is 2.48. The maximum absolute atomic E-state index is 9.77. The van der Waals surface area contributed by atoms with E-state index >= 15 is 0 Å². The number of β-amino-alcohol motifs (C(OH)–C–C–N with tert-alkyl or cyclic N) is 1. The van der Waals surface area contributed by atoms with Gasteiger partial charge in [0.25, 0.3) is 0 Å². The van der Waals surface area contributed by atoms with Gasteiger partial charge in [-0.1, -0.05) is 0 Å². The molecule has 1 atom stereocenters. The molecule has 0 saturated carbocycles. The average Bonchev–Trinajstić information content (AvgIpc) is 2.95. The number of aliphatic hydroxyl groups is 1. The first-order valence-electron chi connectivity index (χ1n) is 9.37. The van der Waals surface area contributed by atoms with Crippen molar-refractivity contribution < 1.29 is 5.11 Å². The van der Waals surface area contributed by atoms with E-state index in [1.807, 2.05) is 24.7 Å². The predicted octanol–water partition coefficient (Wildman–Crippen LogP) is 1.47. The van der Waals surface area contributed by atoms with E-state index in [2.05, 4.69) is 37.7 Å². The minimum atomic E-state index is -0.247. The normalized spacial score (nSPS) is 21.2. The van der Waals surface area contributed by atoms with Gasteiger partial charge in [-0.2, -0.15) is 4.98 Å². The number of aromatic nitrogens is 3. The second-order valence-corrected chi connectivity index (χ2v) is 7.09. The lowest BCUT2D eigenvalue weighted by molar-refractivity contribution is 0.198. The molecule has 0 radical (unpaired) electrons. The number of hydrogen-bond donors (Lipinski definition) is 1. The Morgan fingerprint density at radius 2 is 1.85 bits per heavy atom. The zero-order valence-electron chi connectivity index (χ0n) is 15.3. The van der Waals surface area contributed by atoms with E-state index in [9.17, 15) is 5.11 Å².